The van der Waals surface area contributed by atoms with E-state index >= 15 is 0 Å². The molecule has 0 aliphatic rings. The molecule has 4 heteroatoms. The second kappa shape index (κ2) is 6.68. The van der Waals surface area contributed by atoms with Gasteiger partial charge in [-0.15, -0.1) is 11.3 Å². The lowest BCUT2D eigenvalue weighted by Crippen LogP contribution is -2.42. The number of amides is 1. The molecule has 1 amide bonds. The Bertz CT molecular complexity index is 577. The summed E-state index contributed by atoms with van der Waals surface area (Å²) in [4.78, 5) is 14.2. The molecule has 0 unspecified atom stereocenters. The molecule has 2 rings (SSSR count). The van der Waals surface area contributed by atoms with Gasteiger partial charge in [0.25, 0.3) is 0 Å². The van der Waals surface area contributed by atoms with Gasteiger partial charge in [0.2, 0.25) is 5.91 Å². The first-order chi connectivity index (χ1) is 9.56. The van der Waals surface area contributed by atoms with Gasteiger partial charge in [0.1, 0.15) is 0 Å². The fourth-order valence-corrected chi connectivity index (χ4v) is 3.16. The summed E-state index contributed by atoms with van der Waals surface area (Å²) >= 11 is 1.78. The third-order valence-corrected chi connectivity index (χ3v) is 4.32. The van der Waals surface area contributed by atoms with E-state index in [9.17, 15) is 4.79 Å². The number of benzene rings is 1. The molecule has 0 radical (unpaired) electrons. The highest BCUT2D eigenvalue weighted by molar-refractivity contribution is 7.12. The van der Waals surface area contributed by atoms with Crippen LogP contribution in [0.4, 0.5) is 0 Å². The lowest BCUT2D eigenvalue weighted by atomic mass is 10.1. The Labute approximate surface area is 123 Å². The highest BCUT2D eigenvalue weighted by atomic mass is 32.1. The number of hydrogen-bond donors (Lipinski definition) is 2. The van der Waals surface area contributed by atoms with Crippen molar-refractivity contribution in [3.63, 3.8) is 0 Å². The number of thiophene rings is 1. The Kier molecular flexibility index (Phi) is 4.93. The number of carbonyl (C=O) groups is 1. The van der Waals surface area contributed by atoms with Gasteiger partial charge in [-0.25, -0.2) is 0 Å². The normalized spacial score (nSPS) is 12.3. The van der Waals surface area contributed by atoms with E-state index in [2.05, 4.69) is 25.2 Å². The molecule has 1 aromatic heterocycles. The molecule has 0 aliphatic heterocycles. The van der Waals surface area contributed by atoms with Gasteiger partial charge < -0.3 is 11.1 Å². The van der Waals surface area contributed by atoms with Crippen LogP contribution < -0.4 is 11.1 Å². The second-order valence-corrected chi connectivity index (χ2v) is 6.42. The van der Waals surface area contributed by atoms with Crippen LogP contribution in [0.1, 0.15) is 20.9 Å². The molecule has 1 heterocycles. The Morgan fingerprint density at radius 1 is 1.30 bits per heavy atom. The van der Waals surface area contributed by atoms with E-state index in [1.807, 2.05) is 30.3 Å². The monoisotopic (exact) mass is 288 g/mol. The maximum absolute atomic E-state index is 11.6. The maximum Gasteiger partial charge on any atom is 0.234 e. The highest BCUT2D eigenvalue weighted by Gasteiger charge is 2.16. The van der Waals surface area contributed by atoms with Gasteiger partial charge in [-0.2, -0.15) is 0 Å². The Morgan fingerprint density at radius 2 is 2.00 bits per heavy atom. The quantitative estimate of drug-likeness (QED) is 0.858. The molecule has 106 valence electrons. The van der Waals surface area contributed by atoms with E-state index in [1.54, 1.807) is 11.3 Å². The van der Waals surface area contributed by atoms with Crippen molar-refractivity contribution in [3.05, 3.63) is 57.3 Å². The van der Waals surface area contributed by atoms with E-state index in [-0.39, 0.29) is 11.9 Å². The van der Waals surface area contributed by atoms with Gasteiger partial charge in [-0.05, 0) is 37.5 Å². The molecule has 3 nitrogen and oxygen atoms in total. The standard InChI is InChI=1S/C16H20N2OS/c1-11-8-14(12(2)20-11)10-18-15(16(17)19)9-13-6-4-3-5-7-13/h3-8,15,18H,9-10H2,1-2H3,(H2,17,19)/t15-/m0/s1. The molecule has 0 aliphatic carbocycles. The first-order valence-electron chi connectivity index (χ1n) is 6.69. The van der Waals surface area contributed by atoms with Gasteiger partial charge in [-0.3, -0.25) is 4.79 Å². The summed E-state index contributed by atoms with van der Waals surface area (Å²) in [5, 5.41) is 3.27. The van der Waals surface area contributed by atoms with Crippen LogP contribution in [0.15, 0.2) is 36.4 Å². The zero-order chi connectivity index (χ0) is 14.5. The number of carbonyl (C=O) groups excluding carboxylic acids is 1. The van der Waals surface area contributed by atoms with E-state index < -0.39 is 0 Å². The second-order valence-electron chi connectivity index (χ2n) is 4.96. The zero-order valence-electron chi connectivity index (χ0n) is 11.8. The number of rotatable bonds is 6. The summed E-state index contributed by atoms with van der Waals surface area (Å²) in [5.74, 6) is -0.307. The van der Waals surface area contributed by atoms with Gasteiger partial charge in [0.15, 0.2) is 0 Å². The minimum absolute atomic E-state index is 0.307. The SMILES string of the molecule is Cc1cc(CN[C@@H](Cc2ccccc2)C(N)=O)c(C)s1. The van der Waals surface area contributed by atoms with Crippen molar-refractivity contribution >= 4 is 17.2 Å². The molecular weight excluding hydrogens is 268 g/mol. The van der Waals surface area contributed by atoms with Crippen LogP contribution in [0.2, 0.25) is 0 Å². The van der Waals surface area contributed by atoms with Crippen LogP contribution in [-0.4, -0.2) is 11.9 Å². The van der Waals surface area contributed by atoms with Crippen molar-refractivity contribution < 1.29 is 4.79 Å². The summed E-state index contributed by atoms with van der Waals surface area (Å²) in [6.07, 6.45) is 0.623. The van der Waals surface area contributed by atoms with E-state index in [1.165, 1.54) is 15.3 Å². The number of nitrogens with one attached hydrogen (secondary N) is 1. The van der Waals surface area contributed by atoms with Crippen molar-refractivity contribution in [2.24, 2.45) is 5.73 Å². The predicted molar refractivity (Wildman–Crippen MR) is 83.8 cm³/mol. The van der Waals surface area contributed by atoms with Gasteiger partial charge in [0, 0.05) is 16.3 Å². The minimum atomic E-state index is -0.336. The van der Waals surface area contributed by atoms with Crippen LogP contribution in [0.25, 0.3) is 0 Å². The van der Waals surface area contributed by atoms with Crippen molar-refractivity contribution in [1.82, 2.24) is 5.32 Å². The van der Waals surface area contributed by atoms with E-state index in [4.69, 9.17) is 5.73 Å². The first-order valence-corrected chi connectivity index (χ1v) is 7.50. The molecule has 0 saturated carbocycles. The molecule has 1 atom stereocenters. The fraction of sp³-hybridized carbons (Fsp3) is 0.312. The largest absolute Gasteiger partial charge is 0.368 e. The van der Waals surface area contributed by atoms with Crippen LogP contribution in [0.3, 0.4) is 0 Å². The molecule has 20 heavy (non-hydrogen) atoms. The Hall–Kier alpha value is -1.65. The van der Waals surface area contributed by atoms with E-state index in [0.717, 1.165) is 5.56 Å². The van der Waals surface area contributed by atoms with Crippen molar-refractivity contribution in [3.8, 4) is 0 Å². The summed E-state index contributed by atoms with van der Waals surface area (Å²) in [5.41, 5.74) is 7.85. The topological polar surface area (TPSA) is 55.1 Å². The van der Waals surface area contributed by atoms with Gasteiger partial charge in [0.05, 0.1) is 6.04 Å². The molecule has 0 bridgehead atoms. The van der Waals surface area contributed by atoms with Crippen LogP contribution >= 0.6 is 11.3 Å². The van der Waals surface area contributed by atoms with Crippen LogP contribution in [0, 0.1) is 13.8 Å². The lowest BCUT2D eigenvalue weighted by Gasteiger charge is -2.15. The Morgan fingerprint density at radius 3 is 2.55 bits per heavy atom. The molecule has 0 spiro atoms. The molecule has 2 aromatic rings. The average Bonchev–Trinajstić information content (AvgIpc) is 2.73. The zero-order valence-corrected chi connectivity index (χ0v) is 12.7. The third kappa shape index (κ3) is 3.92. The summed E-state index contributed by atoms with van der Waals surface area (Å²) in [6, 6.07) is 11.8. The van der Waals surface area contributed by atoms with Crippen molar-refractivity contribution in [2.45, 2.75) is 32.9 Å². The first kappa shape index (κ1) is 14.8. The summed E-state index contributed by atoms with van der Waals surface area (Å²) in [6.45, 7) is 4.87. The average molecular weight is 288 g/mol. The smallest absolute Gasteiger partial charge is 0.234 e. The number of nitrogens with two attached hydrogens (primary N) is 1. The predicted octanol–water partition coefficient (Wildman–Crippen LogP) is 2.55. The minimum Gasteiger partial charge on any atom is -0.368 e. The molecule has 0 saturated heterocycles. The van der Waals surface area contributed by atoms with Crippen LogP contribution in [0.5, 0.6) is 0 Å². The number of aryl methyl sites for hydroxylation is 2. The van der Waals surface area contributed by atoms with Crippen LogP contribution in [-0.2, 0) is 17.8 Å². The molecule has 0 fully saturated rings. The molecular formula is C16H20N2OS. The Balaban J connectivity index is 2.00. The van der Waals surface area contributed by atoms with Gasteiger partial charge in [-0.1, -0.05) is 30.3 Å². The molecule has 1 aromatic carbocycles. The van der Waals surface area contributed by atoms with Crippen molar-refractivity contribution in [2.75, 3.05) is 0 Å². The number of primary amides is 1. The van der Waals surface area contributed by atoms with Crippen molar-refractivity contribution in [1.29, 1.82) is 0 Å². The number of hydrogen-bond acceptors (Lipinski definition) is 3. The fourth-order valence-electron chi connectivity index (χ4n) is 2.22. The third-order valence-electron chi connectivity index (χ3n) is 3.31. The van der Waals surface area contributed by atoms with E-state index in [0.29, 0.717) is 13.0 Å². The summed E-state index contributed by atoms with van der Waals surface area (Å²) < 4.78 is 0. The highest BCUT2D eigenvalue weighted by Crippen LogP contribution is 2.20. The maximum atomic E-state index is 11.6. The molecule has 3 N–H and O–H groups in total. The lowest BCUT2D eigenvalue weighted by molar-refractivity contribution is -0.120. The van der Waals surface area contributed by atoms with Gasteiger partial charge >= 0.3 is 0 Å². The summed E-state index contributed by atoms with van der Waals surface area (Å²) in [7, 11) is 0.